The molecule has 74 heavy (non-hydrogen) atoms. The summed E-state index contributed by atoms with van der Waals surface area (Å²) in [5.74, 6) is -0.177. The highest BCUT2D eigenvalue weighted by molar-refractivity contribution is 5.76. The molecular weight excluding hydrogens is 923 g/mol. The molecule has 0 aromatic heterocycles. The molecule has 7 unspecified atom stereocenters. The van der Waals surface area contributed by atoms with Crippen molar-refractivity contribution in [2.24, 2.45) is 0 Å². The molecule has 0 spiro atoms. The third-order valence-electron chi connectivity index (χ3n) is 14.2. The Balaban J connectivity index is 2.01. The number of ether oxygens (including phenoxy) is 2. The van der Waals surface area contributed by atoms with Crippen LogP contribution in [0, 0.1) is 0 Å². The Morgan fingerprint density at radius 3 is 1.24 bits per heavy atom. The normalized spacial score (nSPS) is 19.6. The van der Waals surface area contributed by atoms with Crippen LogP contribution in [0.3, 0.4) is 0 Å². The Kier molecular flexibility index (Phi) is 50.4. The Hall–Kier alpha value is -2.63. The zero-order chi connectivity index (χ0) is 53.6. The van der Waals surface area contributed by atoms with Gasteiger partial charge in [0.2, 0.25) is 5.91 Å². The molecule has 0 radical (unpaired) electrons. The van der Waals surface area contributed by atoms with E-state index in [1.54, 1.807) is 6.08 Å². The van der Waals surface area contributed by atoms with E-state index < -0.39 is 49.5 Å². The van der Waals surface area contributed by atoms with E-state index in [9.17, 15) is 30.3 Å². The number of carbonyl (C=O) groups excluding carboxylic acids is 1. The molecule has 0 aliphatic carbocycles. The van der Waals surface area contributed by atoms with Gasteiger partial charge in [0.15, 0.2) is 6.29 Å². The van der Waals surface area contributed by atoms with E-state index in [1.807, 2.05) is 6.08 Å². The molecule has 7 atom stereocenters. The first-order chi connectivity index (χ1) is 36.3. The summed E-state index contributed by atoms with van der Waals surface area (Å²) in [6.45, 7) is 3.64. The van der Waals surface area contributed by atoms with Gasteiger partial charge >= 0.3 is 0 Å². The Morgan fingerprint density at radius 1 is 0.473 bits per heavy atom. The van der Waals surface area contributed by atoms with Gasteiger partial charge in [-0.05, 0) is 70.6 Å². The standard InChI is InChI=1S/C65H115NO8/c1-3-5-7-9-11-13-15-16-17-18-19-20-21-22-23-24-25-26-27-28-29-30-31-32-33-34-35-36-37-38-39-40-41-42-43-44-45-47-49-51-53-55-61(69)66-58(57-73-65-64(72)63(71)62(70)60(56-67)74-65)59(68)54-52-50-48-46-14-12-10-8-6-4-2/h5,7,11,13,16-17,19-20,22-23,25-26,52,54,58-60,62-65,67-68,70-72H,3-4,6,8-10,12,14-15,18,21,24,27-51,53,55-57H2,1-2H3,(H,66,69)/b7-5-,13-11-,17-16-,20-19-,23-22-,26-25-,54-52+. The number of hydrogen-bond donors (Lipinski definition) is 6. The fraction of sp³-hybridized carbons (Fsp3) is 0.769. The zero-order valence-corrected chi connectivity index (χ0v) is 47.6. The molecule has 1 aliphatic heterocycles. The van der Waals surface area contributed by atoms with E-state index >= 15 is 0 Å². The van der Waals surface area contributed by atoms with Crippen LogP contribution in [0.4, 0.5) is 0 Å². The molecule has 1 saturated heterocycles. The largest absolute Gasteiger partial charge is 0.394 e. The monoisotopic (exact) mass is 1040 g/mol. The highest BCUT2D eigenvalue weighted by atomic mass is 16.7. The molecule has 9 nitrogen and oxygen atoms in total. The molecule has 0 aromatic carbocycles. The maximum Gasteiger partial charge on any atom is 0.220 e. The van der Waals surface area contributed by atoms with Crippen LogP contribution in [-0.4, -0.2) is 87.5 Å². The number of hydrogen-bond acceptors (Lipinski definition) is 8. The molecule has 1 heterocycles. The maximum absolute atomic E-state index is 13.0. The predicted octanol–water partition coefficient (Wildman–Crippen LogP) is 15.8. The summed E-state index contributed by atoms with van der Waals surface area (Å²) in [6, 6.07) is -0.804. The summed E-state index contributed by atoms with van der Waals surface area (Å²) in [7, 11) is 0. The first kappa shape index (κ1) is 69.4. The smallest absolute Gasteiger partial charge is 0.220 e. The van der Waals surface area contributed by atoms with Crippen molar-refractivity contribution in [1.29, 1.82) is 0 Å². The lowest BCUT2D eigenvalue weighted by atomic mass is 9.99. The molecule has 1 amide bonds. The number of aliphatic hydroxyl groups is 5. The average Bonchev–Trinajstić information content (AvgIpc) is 3.40. The minimum atomic E-state index is -1.57. The minimum Gasteiger partial charge on any atom is -0.394 e. The van der Waals surface area contributed by atoms with Gasteiger partial charge in [0, 0.05) is 6.42 Å². The van der Waals surface area contributed by atoms with Crippen LogP contribution in [0.25, 0.3) is 0 Å². The average molecular weight is 1040 g/mol. The summed E-state index contributed by atoms with van der Waals surface area (Å²) in [5, 5.41) is 54.3. The molecule has 6 N–H and O–H groups in total. The Morgan fingerprint density at radius 2 is 0.838 bits per heavy atom. The van der Waals surface area contributed by atoms with Crippen LogP contribution < -0.4 is 5.32 Å². The van der Waals surface area contributed by atoms with Crippen molar-refractivity contribution >= 4 is 5.91 Å². The van der Waals surface area contributed by atoms with Crippen LogP contribution in [0.2, 0.25) is 0 Å². The quantitative estimate of drug-likeness (QED) is 0.0261. The van der Waals surface area contributed by atoms with Crippen LogP contribution >= 0.6 is 0 Å². The van der Waals surface area contributed by atoms with Crippen molar-refractivity contribution < 1.29 is 39.8 Å². The van der Waals surface area contributed by atoms with Crippen LogP contribution in [0.1, 0.15) is 264 Å². The third kappa shape index (κ3) is 42.5. The fourth-order valence-corrected chi connectivity index (χ4v) is 9.40. The van der Waals surface area contributed by atoms with Gasteiger partial charge in [-0.25, -0.2) is 0 Å². The minimum absolute atomic E-state index is 0.177. The second-order valence-corrected chi connectivity index (χ2v) is 21.1. The van der Waals surface area contributed by atoms with Crippen LogP contribution in [0.15, 0.2) is 85.1 Å². The lowest BCUT2D eigenvalue weighted by Gasteiger charge is -2.40. The molecule has 1 fully saturated rings. The molecule has 9 heteroatoms. The van der Waals surface area contributed by atoms with Gasteiger partial charge in [0.1, 0.15) is 24.4 Å². The van der Waals surface area contributed by atoms with Crippen LogP contribution in [0.5, 0.6) is 0 Å². The van der Waals surface area contributed by atoms with Gasteiger partial charge < -0.3 is 40.3 Å². The van der Waals surface area contributed by atoms with Crippen molar-refractivity contribution in [3.63, 3.8) is 0 Å². The second-order valence-electron chi connectivity index (χ2n) is 21.1. The van der Waals surface area contributed by atoms with E-state index in [-0.39, 0.29) is 12.5 Å². The molecule has 0 saturated carbocycles. The van der Waals surface area contributed by atoms with E-state index in [4.69, 9.17) is 9.47 Å². The number of allylic oxidation sites excluding steroid dienone is 13. The Labute approximate surface area is 454 Å². The number of amides is 1. The van der Waals surface area contributed by atoms with Gasteiger partial charge in [-0.15, -0.1) is 0 Å². The van der Waals surface area contributed by atoms with Crippen molar-refractivity contribution in [1.82, 2.24) is 5.32 Å². The number of rotatable bonds is 52. The summed E-state index contributed by atoms with van der Waals surface area (Å²) >= 11 is 0. The summed E-state index contributed by atoms with van der Waals surface area (Å²) < 4.78 is 11.2. The van der Waals surface area contributed by atoms with Crippen molar-refractivity contribution in [3.05, 3.63) is 85.1 Å². The topological polar surface area (TPSA) is 149 Å². The lowest BCUT2D eigenvalue weighted by molar-refractivity contribution is -0.302. The number of unbranched alkanes of at least 4 members (excludes halogenated alkanes) is 30. The number of aliphatic hydroxyl groups excluding tert-OH is 5. The fourth-order valence-electron chi connectivity index (χ4n) is 9.40. The number of nitrogens with one attached hydrogen (secondary N) is 1. The molecule has 0 aromatic rings. The Bertz CT molecular complexity index is 1440. The van der Waals surface area contributed by atoms with Crippen molar-refractivity contribution in [2.75, 3.05) is 13.2 Å². The first-order valence-electron chi connectivity index (χ1n) is 30.8. The molecule has 1 aliphatic rings. The maximum atomic E-state index is 13.0. The predicted molar refractivity (Wildman–Crippen MR) is 313 cm³/mol. The zero-order valence-electron chi connectivity index (χ0n) is 47.6. The van der Waals surface area contributed by atoms with Gasteiger partial charge in [0.25, 0.3) is 0 Å². The van der Waals surface area contributed by atoms with E-state index in [1.165, 1.54) is 167 Å². The van der Waals surface area contributed by atoms with Gasteiger partial charge in [0.05, 0.1) is 25.4 Å². The summed E-state index contributed by atoms with van der Waals surface area (Å²) in [5.41, 5.74) is 0. The van der Waals surface area contributed by atoms with Crippen LogP contribution in [-0.2, 0) is 14.3 Å². The van der Waals surface area contributed by atoms with Gasteiger partial charge in [-0.3, -0.25) is 4.79 Å². The highest BCUT2D eigenvalue weighted by Gasteiger charge is 2.44. The summed E-state index contributed by atoms with van der Waals surface area (Å²) in [6.07, 6.45) is 69.8. The molecule has 428 valence electrons. The van der Waals surface area contributed by atoms with Gasteiger partial charge in [-0.2, -0.15) is 0 Å². The van der Waals surface area contributed by atoms with Gasteiger partial charge in [-0.1, -0.05) is 272 Å². The third-order valence-corrected chi connectivity index (χ3v) is 14.2. The second kappa shape index (κ2) is 53.8. The SMILES string of the molecule is CC/C=C\C/C=C\C/C=C\C/C=C\C/C=C\C/C=C\CCCCCCCCCCCCCCCCCCCCCCCCC(=O)NC(COC1OC(CO)C(O)C(O)C1O)C(O)/C=C/CCCCCCCCCC. The molecular formula is C65H115NO8. The van der Waals surface area contributed by atoms with E-state index in [0.717, 1.165) is 77.0 Å². The van der Waals surface area contributed by atoms with E-state index in [0.29, 0.717) is 6.42 Å². The number of carbonyl (C=O) groups is 1. The van der Waals surface area contributed by atoms with Crippen molar-refractivity contribution in [3.8, 4) is 0 Å². The lowest BCUT2D eigenvalue weighted by Crippen LogP contribution is -2.60. The summed E-state index contributed by atoms with van der Waals surface area (Å²) in [4.78, 5) is 13.0. The first-order valence-corrected chi connectivity index (χ1v) is 30.8. The molecule has 0 bridgehead atoms. The van der Waals surface area contributed by atoms with Crippen molar-refractivity contribution in [2.45, 2.75) is 307 Å². The van der Waals surface area contributed by atoms with E-state index in [2.05, 4.69) is 92.1 Å². The highest BCUT2D eigenvalue weighted by Crippen LogP contribution is 2.23. The molecule has 1 rings (SSSR count).